The van der Waals surface area contributed by atoms with Crippen molar-refractivity contribution in [2.45, 2.75) is 12.8 Å². The highest BCUT2D eigenvalue weighted by Gasteiger charge is 2.02. The molecule has 1 aromatic rings. The topological polar surface area (TPSA) is 80.9 Å². The van der Waals surface area contributed by atoms with E-state index in [1.807, 2.05) is 0 Å². The van der Waals surface area contributed by atoms with E-state index in [4.69, 9.17) is 5.11 Å². The molecule has 0 aliphatic rings. The lowest BCUT2D eigenvalue weighted by Crippen LogP contribution is -1.99. The van der Waals surface area contributed by atoms with E-state index < -0.39 is 5.97 Å². The highest BCUT2D eigenvalue weighted by atomic mass is 16.4. The standard InChI is InChI=1S/C5H8N4O2/c1-9-7-4(6-8-9)2-3-5(10)11/h2-3H2,1H3,(H,10,11). The Hall–Kier alpha value is -1.46. The van der Waals surface area contributed by atoms with Crippen LogP contribution in [0.5, 0.6) is 0 Å². The lowest BCUT2D eigenvalue weighted by Gasteiger charge is -1.86. The third-order valence-corrected chi connectivity index (χ3v) is 1.11. The van der Waals surface area contributed by atoms with Gasteiger partial charge in [0.1, 0.15) is 0 Å². The molecule has 0 unspecified atom stereocenters. The summed E-state index contributed by atoms with van der Waals surface area (Å²) in [7, 11) is 1.64. The van der Waals surface area contributed by atoms with Gasteiger partial charge in [0, 0.05) is 6.42 Å². The molecule has 1 aromatic heterocycles. The van der Waals surface area contributed by atoms with E-state index in [9.17, 15) is 4.79 Å². The summed E-state index contributed by atoms with van der Waals surface area (Å²) in [4.78, 5) is 11.4. The van der Waals surface area contributed by atoms with E-state index in [2.05, 4.69) is 15.4 Å². The van der Waals surface area contributed by atoms with Crippen molar-refractivity contribution in [3.63, 3.8) is 0 Å². The Kier molecular flexibility index (Phi) is 2.15. The molecule has 0 spiro atoms. The predicted molar refractivity (Wildman–Crippen MR) is 34.8 cm³/mol. The molecule has 0 saturated carbocycles. The van der Waals surface area contributed by atoms with Crippen molar-refractivity contribution < 1.29 is 9.90 Å². The minimum atomic E-state index is -0.850. The van der Waals surface area contributed by atoms with Gasteiger partial charge in [-0.3, -0.25) is 4.79 Å². The van der Waals surface area contributed by atoms with Gasteiger partial charge in [-0.25, -0.2) is 0 Å². The molecule has 6 heteroatoms. The fourth-order valence-electron chi connectivity index (χ4n) is 0.642. The number of carbonyl (C=O) groups is 1. The molecule has 60 valence electrons. The van der Waals surface area contributed by atoms with Crippen LogP contribution in [0.4, 0.5) is 0 Å². The first-order valence-electron chi connectivity index (χ1n) is 3.13. The van der Waals surface area contributed by atoms with Gasteiger partial charge in [0.2, 0.25) is 0 Å². The smallest absolute Gasteiger partial charge is 0.303 e. The highest BCUT2D eigenvalue weighted by molar-refractivity contribution is 5.66. The van der Waals surface area contributed by atoms with Crippen molar-refractivity contribution in [3.05, 3.63) is 5.82 Å². The molecule has 0 aliphatic heterocycles. The molecule has 0 aliphatic carbocycles. The van der Waals surface area contributed by atoms with Crippen molar-refractivity contribution in [3.8, 4) is 0 Å². The molecule has 0 radical (unpaired) electrons. The Morgan fingerprint density at radius 1 is 1.73 bits per heavy atom. The zero-order chi connectivity index (χ0) is 8.27. The number of tetrazole rings is 1. The number of hydrogen-bond acceptors (Lipinski definition) is 4. The SMILES string of the molecule is Cn1nnc(CCC(=O)O)n1. The average Bonchev–Trinajstić information content (AvgIpc) is 2.31. The fourth-order valence-corrected chi connectivity index (χ4v) is 0.642. The first kappa shape index (κ1) is 7.64. The van der Waals surface area contributed by atoms with Gasteiger partial charge in [-0.2, -0.15) is 4.80 Å². The summed E-state index contributed by atoms with van der Waals surface area (Å²) in [5.74, 6) is -0.382. The number of hydrogen-bond donors (Lipinski definition) is 1. The monoisotopic (exact) mass is 156 g/mol. The lowest BCUT2D eigenvalue weighted by molar-refractivity contribution is -0.137. The number of carboxylic acid groups (broad SMARTS) is 1. The summed E-state index contributed by atoms with van der Waals surface area (Å²) in [6.07, 6.45) is 0.384. The van der Waals surface area contributed by atoms with Crippen molar-refractivity contribution in [1.82, 2.24) is 20.2 Å². The average molecular weight is 156 g/mol. The second-order valence-electron chi connectivity index (χ2n) is 2.09. The highest BCUT2D eigenvalue weighted by Crippen LogP contribution is 1.91. The van der Waals surface area contributed by atoms with E-state index in [1.165, 1.54) is 4.80 Å². The summed E-state index contributed by atoms with van der Waals surface area (Å²) >= 11 is 0. The summed E-state index contributed by atoms with van der Waals surface area (Å²) in [5, 5.41) is 19.3. The van der Waals surface area contributed by atoms with Gasteiger partial charge >= 0.3 is 5.97 Å². The Labute approximate surface area is 62.8 Å². The minimum absolute atomic E-state index is 0.0473. The lowest BCUT2D eigenvalue weighted by atomic mass is 10.3. The quantitative estimate of drug-likeness (QED) is 0.621. The van der Waals surface area contributed by atoms with Gasteiger partial charge in [-0.15, -0.1) is 10.2 Å². The van der Waals surface area contributed by atoms with Crippen molar-refractivity contribution in [1.29, 1.82) is 0 Å². The van der Waals surface area contributed by atoms with E-state index >= 15 is 0 Å². The van der Waals surface area contributed by atoms with Crippen LogP contribution in [0.25, 0.3) is 0 Å². The predicted octanol–water partition coefficient (Wildman–Crippen LogP) is -0.773. The van der Waals surface area contributed by atoms with Crippen LogP contribution in [0, 0.1) is 0 Å². The molecule has 6 nitrogen and oxygen atoms in total. The molecule has 0 fully saturated rings. The fraction of sp³-hybridized carbons (Fsp3) is 0.600. The summed E-state index contributed by atoms with van der Waals surface area (Å²) < 4.78 is 0. The Bertz CT molecular complexity index is 257. The number of aromatic nitrogens is 4. The maximum absolute atomic E-state index is 10.1. The third kappa shape index (κ3) is 2.32. The first-order valence-corrected chi connectivity index (χ1v) is 3.13. The van der Waals surface area contributed by atoms with E-state index in [-0.39, 0.29) is 6.42 Å². The summed E-state index contributed by atoms with van der Waals surface area (Å²) in [6, 6.07) is 0. The van der Waals surface area contributed by atoms with Crippen LogP contribution in [-0.2, 0) is 18.3 Å². The number of carboxylic acids is 1. The summed E-state index contributed by atoms with van der Waals surface area (Å²) in [6.45, 7) is 0. The minimum Gasteiger partial charge on any atom is -0.481 e. The van der Waals surface area contributed by atoms with Crippen LogP contribution in [0.1, 0.15) is 12.2 Å². The van der Waals surface area contributed by atoms with Gasteiger partial charge in [-0.05, 0) is 5.21 Å². The maximum atomic E-state index is 10.1. The molecule has 0 amide bonds. The molecule has 11 heavy (non-hydrogen) atoms. The van der Waals surface area contributed by atoms with Crippen LogP contribution in [-0.4, -0.2) is 31.3 Å². The van der Waals surface area contributed by atoms with Gasteiger partial charge in [0.25, 0.3) is 0 Å². The van der Waals surface area contributed by atoms with Crippen LogP contribution < -0.4 is 0 Å². The number of aryl methyl sites for hydroxylation is 2. The molecule has 0 atom stereocenters. The van der Waals surface area contributed by atoms with Crippen molar-refractivity contribution >= 4 is 5.97 Å². The molecule has 0 bridgehead atoms. The maximum Gasteiger partial charge on any atom is 0.303 e. The zero-order valence-corrected chi connectivity index (χ0v) is 6.06. The molecule has 1 heterocycles. The van der Waals surface area contributed by atoms with Crippen LogP contribution in [0.15, 0.2) is 0 Å². The van der Waals surface area contributed by atoms with Gasteiger partial charge < -0.3 is 5.11 Å². The molecule has 1 N–H and O–H groups in total. The normalized spacial score (nSPS) is 9.91. The molecular weight excluding hydrogens is 148 g/mol. The molecule has 0 saturated heterocycles. The second kappa shape index (κ2) is 3.09. The van der Waals surface area contributed by atoms with E-state index in [0.717, 1.165) is 0 Å². The van der Waals surface area contributed by atoms with Crippen LogP contribution in [0.3, 0.4) is 0 Å². The van der Waals surface area contributed by atoms with Crippen molar-refractivity contribution in [2.75, 3.05) is 0 Å². The summed E-state index contributed by atoms with van der Waals surface area (Å²) in [5.41, 5.74) is 0. The number of aliphatic carboxylic acids is 1. The largest absolute Gasteiger partial charge is 0.481 e. The Morgan fingerprint density at radius 2 is 2.45 bits per heavy atom. The number of rotatable bonds is 3. The second-order valence-corrected chi connectivity index (χ2v) is 2.09. The Morgan fingerprint density at radius 3 is 2.91 bits per heavy atom. The third-order valence-electron chi connectivity index (χ3n) is 1.11. The zero-order valence-electron chi connectivity index (χ0n) is 6.06. The molecular formula is C5H8N4O2. The van der Waals surface area contributed by atoms with Crippen molar-refractivity contribution in [2.24, 2.45) is 7.05 Å². The first-order chi connectivity index (χ1) is 5.18. The molecule has 0 aromatic carbocycles. The van der Waals surface area contributed by atoms with Crippen LogP contribution >= 0.6 is 0 Å². The number of nitrogens with zero attached hydrogens (tertiary/aromatic N) is 4. The van der Waals surface area contributed by atoms with E-state index in [1.54, 1.807) is 7.05 Å². The van der Waals surface area contributed by atoms with E-state index in [0.29, 0.717) is 12.2 Å². The van der Waals surface area contributed by atoms with Gasteiger partial charge in [0.15, 0.2) is 5.82 Å². The van der Waals surface area contributed by atoms with Gasteiger partial charge in [-0.1, -0.05) is 0 Å². The van der Waals surface area contributed by atoms with Crippen LogP contribution in [0.2, 0.25) is 0 Å². The van der Waals surface area contributed by atoms with Gasteiger partial charge in [0.05, 0.1) is 13.5 Å². The molecule has 1 rings (SSSR count). The Balaban J connectivity index is 2.45.